The Balaban J connectivity index is 1.60. The number of nitrogens with one attached hydrogen (secondary N) is 2. The van der Waals surface area contributed by atoms with Gasteiger partial charge in [0.05, 0.1) is 6.10 Å². The van der Waals surface area contributed by atoms with E-state index in [1.54, 1.807) is 35.9 Å². The van der Waals surface area contributed by atoms with Crippen molar-refractivity contribution in [3.63, 3.8) is 0 Å². The number of guanidine groups is 1. The molecule has 0 fully saturated rings. The van der Waals surface area contributed by atoms with Crippen molar-refractivity contribution in [3.8, 4) is 0 Å². The van der Waals surface area contributed by atoms with Gasteiger partial charge in [-0.25, -0.2) is 4.99 Å². The lowest BCUT2D eigenvalue weighted by Gasteiger charge is -2.16. The van der Waals surface area contributed by atoms with E-state index in [9.17, 15) is 5.11 Å². The van der Waals surface area contributed by atoms with Gasteiger partial charge in [0, 0.05) is 37.4 Å². The smallest absolute Gasteiger partial charge is 0.191 e. The molecular formula is C19H25N7OS. The minimum absolute atomic E-state index is 0.340. The minimum atomic E-state index is -0.649. The molecule has 3 N–H and O–H groups in total. The summed E-state index contributed by atoms with van der Waals surface area (Å²) in [7, 11) is 1.92. The molecule has 3 heterocycles. The summed E-state index contributed by atoms with van der Waals surface area (Å²) in [6, 6.07) is 7.77. The molecule has 0 aromatic carbocycles. The molecule has 0 saturated heterocycles. The van der Waals surface area contributed by atoms with Crippen LogP contribution in [0.2, 0.25) is 0 Å². The van der Waals surface area contributed by atoms with Crippen molar-refractivity contribution in [2.45, 2.75) is 26.0 Å². The van der Waals surface area contributed by atoms with E-state index in [1.165, 1.54) is 4.88 Å². The van der Waals surface area contributed by atoms with Gasteiger partial charge in [0.25, 0.3) is 0 Å². The highest BCUT2D eigenvalue weighted by Crippen LogP contribution is 2.10. The number of aromatic nitrogens is 4. The molecule has 3 rings (SSSR count). The second kappa shape index (κ2) is 9.95. The van der Waals surface area contributed by atoms with Gasteiger partial charge in [-0.3, -0.25) is 4.98 Å². The molecule has 3 aromatic rings. The zero-order chi connectivity index (χ0) is 19.8. The van der Waals surface area contributed by atoms with Crippen molar-refractivity contribution in [2.24, 2.45) is 12.0 Å². The van der Waals surface area contributed by atoms with Gasteiger partial charge < -0.3 is 20.3 Å². The molecule has 0 saturated carbocycles. The molecule has 8 nitrogen and oxygen atoms in total. The lowest BCUT2D eigenvalue weighted by atomic mass is 10.1. The zero-order valence-electron chi connectivity index (χ0n) is 16.0. The Morgan fingerprint density at radius 1 is 1.25 bits per heavy atom. The summed E-state index contributed by atoms with van der Waals surface area (Å²) < 4.78 is 1.92. The minimum Gasteiger partial charge on any atom is -0.387 e. The second-order valence-electron chi connectivity index (χ2n) is 6.32. The Hall–Kier alpha value is -2.78. The number of hydrogen-bond acceptors (Lipinski definition) is 6. The highest BCUT2D eigenvalue weighted by molar-refractivity contribution is 7.09. The SMILES string of the molecule is Cc1nnc(CN=C(NCCc2cccs2)NCC(O)c2ccncc2)n1C. The van der Waals surface area contributed by atoms with Crippen LogP contribution in [-0.4, -0.2) is 43.9 Å². The zero-order valence-corrected chi connectivity index (χ0v) is 16.9. The third-order valence-corrected chi connectivity index (χ3v) is 5.30. The van der Waals surface area contributed by atoms with Crippen LogP contribution in [0.5, 0.6) is 0 Å². The fourth-order valence-electron chi connectivity index (χ4n) is 2.57. The van der Waals surface area contributed by atoms with Crippen LogP contribution >= 0.6 is 11.3 Å². The molecule has 9 heteroatoms. The molecule has 0 amide bonds. The van der Waals surface area contributed by atoms with Crippen LogP contribution in [0.15, 0.2) is 47.0 Å². The maximum Gasteiger partial charge on any atom is 0.191 e. The standard InChI is InChI=1S/C19H25N7OS/c1-14-24-25-18(26(14)2)13-23-19(21-10-7-16-4-3-11-28-16)22-12-17(27)15-5-8-20-9-6-15/h3-6,8-9,11,17,27H,7,10,12-13H2,1-2H3,(H2,21,22,23). The topological polar surface area (TPSA) is 100 Å². The number of hydrogen-bond donors (Lipinski definition) is 3. The predicted molar refractivity (Wildman–Crippen MR) is 110 cm³/mol. The van der Waals surface area contributed by atoms with Gasteiger partial charge in [-0.05, 0) is 42.5 Å². The van der Waals surface area contributed by atoms with E-state index in [1.807, 2.05) is 18.5 Å². The summed E-state index contributed by atoms with van der Waals surface area (Å²) in [4.78, 5) is 9.90. The number of aliphatic imine (C=N–C) groups is 1. The molecule has 0 bridgehead atoms. The van der Waals surface area contributed by atoms with Gasteiger partial charge in [0.1, 0.15) is 12.4 Å². The Morgan fingerprint density at radius 2 is 2.07 bits per heavy atom. The monoisotopic (exact) mass is 399 g/mol. The van der Waals surface area contributed by atoms with Crippen molar-refractivity contribution < 1.29 is 5.11 Å². The van der Waals surface area contributed by atoms with Crippen molar-refractivity contribution in [1.82, 2.24) is 30.4 Å². The van der Waals surface area contributed by atoms with Crippen LogP contribution in [-0.2, 0) is 20.0 Å². The van der Waals surface area contributed by atoms with Gasteiger partial charge in [-0.2, -0.15) is 0 Å². The van der Waals surface area contributed by atoms with Crippen LogP contribution in [0.3, 0.4) is 0 Å². The highest BCUT2D eigenvalue weighted by atomic mass is 32.1. The molecule has 28 heavy (non-hydrogen) atoms. The van der Waals surface area contributed by atoms with E-state index in [0.717, 1.165) is 30.2 Å². The Morgan fingerprint density at radius 3 is 2.75 bits per heavy atom. The van der Waals surface area contributed by atoms with E-state index >= 15 is 0 Å². The van der Waals surface area contributed by atoms with Crippen LogP contribution in [0.25, 0.3) is 0 Å². The number of aryl methyl sites for hydroxylation is 1. The fourth-order valence-corrected chi connectivity index (χ4v) is 3.28. The second-order valence-corrected chi connectivity index (χ2v) is 7.35. The van der Waals surface area contributed by atoms with Crippen molar-refractivity contribution in [1.29, 1.82) is 0 Å². The predicted octanol–water partition coefficient (Wildman–Crippen LogP) is 1.59. The highest BCUT2D eigenvalue weighted by Gasteiger charge is 2.09. The summed E-state index contributed by atoms with van der Waals surface area (Å²) in [6.07, 6.45) is 3.60. The Bertz CT molecular complexity index is 877. The van der Waals surface area contributed by atoms with Gasteiger partial charge >= 0.3 is 0 Å². The van der Waals surface area contributed by atoms with E-state index in [2.05, 4.69) is 48.3 Å². The molecule has 148 valence electrons. The number of rotatable bonds is 8. The third kappa shape index (κ3) is 5.61. The number of nitrogens with zero attached hydrogens (tertiary/aromatic N) is 5. The van der Waals surface area contributed by atoms with E-state index < -0.39 is 6.10 Å². The molecule has 1 atom stereocenters. The first-order valence-electron chi connectivity index (χ1n) is 9.11. The van der Waals surface area contributed by atoms with Crippen LogP contribution in [0.1, 0.15) is 28.2 Å². The molecule has 1 unspecified atom stereocenters. The third-order valence-electron chi connectivity index (χ3n) is 4.36. The molecule has 0 aliphatic rings. The number of aliphatic hydroxyl groups excluding tert-OH is 1. The van der Waals surface area contributed by atoms with Gasteiger partial charge in [0.2, 0.25) is 0 Å². The van der Waals surface area contributed by atoms with Gasteiger partial charge in [-0.15, -0.1) is 21.5 Å². The lowest BCUT2D eigenvalue weighted by molar-refractivity contribution is 0.180. The summed E-state index contributed by atoms with van der Waals surface area (Å²) in [6.45, 7) is 3.39. The molecule has 0 aliphatic heterocycles. The normalized spacial score (nSPS) is 12.8. The average Bonchev–Trinajstić information content (AvgIpc) is 3.35. The largest absolute Gasteiger partial charge is 0.387 e. The Kier molecular flexibility index (Phi) is 7.10. The first-order chi connectivity index (χ1) is 13.6. The number of aliphatic hydroxyl groups is 1. The van der Waals surface area contributed by atoms with E-state index in [-0.39, 0.29) is 0 Å². The van der Waals surface area contributed by atoms with Crippen LogP contribution in [0.4, 0.5) is 0 Å². The number of thiophene rings is 1. The van der Waals surface area contributed by atoms with E-state index in [0.29, 0.717) is 19.0 Å². The maximum atomic E-state index is 10.4. The Labute approximate surface area is 168 Å². The molecule has 0 aliphatic carbocycles. The summed E-state index contributed by atoms with van der Waals surface area (Å²) in [5.41, 5.74) is 0.810. The van der Waals surface area contributed by atoms with Crippen molar-refractivity contribution in [3.05, 3.63) is 64.1 Å². The molecular weight excluding hydrogens is 374 g/mol. The fraction of sp³-hybridized carbons (Fsp3) is 0.368. The van der Waals surface area contributed by atoms with Gasteiger partial charge in [0.15, 0.2) is 11.8 Å². The van der Waals surface area contributed by atoms with Crippen LogP contribution in [0, 0.1) is 6.92 Å². The first kappa shape index (κ1) is 20.0. The quantitative estimate of drug-likeness (QED) is 0.393. The summed E-state index contributed by atoms with van der Waals surface area (Å²) in [5.74, 6) is 2.26. The summed E-state index contributed by atoms with van der Waals surface area (Å²) >= 11 is 1.74. The number of pyridine rings is 1. The van der Waals surface area contributed by atoms with Crippen molar-refractivity contribution >= 4 is 17.3 Å². The van der Waals surface area contributed by atoms with Gasteiger partial charge in [-0.1, -0.05) is 6.07 Å². The maximum absolute atomic E-state index is 10.4. The summed E-state index contributed by atoms with van der Waals surface area (Å²) in [5, 5.41) is 27.2. The first-order valence-corrected chi connectivity index (χ1v) is 9.99. The average molecular weight is 400 g/mol. The lowest BCUT2D eigenvalue weighted by Crippen LogP contribution is -2.40. The molecule has 0 radical (unpaired) electrons. The molecule has 0 spiro atoms. The molecule has 3 aromatic heterocycles. The van der Waals surface area contributed by atoms with Crippen LogP contribution < -0.4 is 10.6 Å². The van der Waals surface area contributed by atoms with Crippen molar-refractivity contribution in [2.75, 3.05) is 13.1 Å². The van der Waals surface area contributed by atoms with E-state index in [4.69, 9.17) is 0 Å².